The van der Waals surface area contributed by atoms with Crippen LogP contribution in [-0.2, 0) is 0 Å². The van der Waals surface area contributed by atoms with Gasteiger partial charge in [0.25, 0.3) is 0 Å². The number of rotatable bonds is 18. The van der Waals surface area contributed by atoms with Gasteiger partial charge in [0.1, 0.15) is 0 Å². The fourth-order valence-corrected chi connectivity index (χ4v) is 6.88. The van der Waals surface area contributed by atoms with E-state index in [4.69, 9.17) is 0 Å². The van der Waals surface area contributed by atoms with Crippen LogP contribution in [0.5, 0.6) is 0 Å². The number of hydrogen-bond acceptors (Lipinski definition) is 4. The maximum absolute atomic E-state index is 2.40. The Hall–Kier alpha value is -3.71. The van der Waals surface area contributed by atoms with Crippen molar-refractivity contribution >= 4 is 52.3 Å². The Balaban J connectivity index is 0.00000676. The summed E-state index contributed by atoms with van der Waals surface area (Å²) in [6, 6.07) is 36.5. The first-order valence-corrected chi connectivity index (χ1v) is 18.7. The second kappa shape index (κ2) is 20.8. The standard InChI is InChI=1S/C45H60N4.HI/c1-9-46(10-2)40-28-20-36(21-29-40)44(37-22-30-41(31-23-37)47(11-3)12-4)18-17-19-45(38-24-32-42(33-25-38)48(13-5)14-6)39-26-34-43(35-27-39)49(15-7)16-8;/h17-35,44H,9-16H2,1-8H3;1H. The molecular weight excluding hydrogens is 723 g/mol. The van der Waals surface area contributed by atoms with Crippen molar-refractivity contribution in [2.24, 2.45) is 0 Å². The van der Waals surface area contributed by atoms with Crippen molar-refractivity contribution in [2.75, 3.05) is 72.0 Å². The van der Waals surface area contributed by atoms with Crippen LogP contribution in [0.4, 0.5) is 22.7 Å². The summed E-state index contributed by atoms with van der Waals surface area (Å²) < 4.78 is 0. The highest BCUT2D eigenvalue weighted by atomic mass is 127. The summed E-state index contributed by atoms with van der Waals surface area (Å²) in [5.74, 6) is 0.129. The summed E-state index contributed by atoms with van der Waals surface area (Å²) in [7, 11) is 0. The summed E-state index contributed by atoms with van der Waals surface area (Å²) in [6.45, 7) is 25.8. The van der Waals surface area contributed by atoms with Crippen molar-refractivity contribution in [2.45, 2.75) is 61.3 Å². The minimum Gasteiger partial charge on any atom is -0.372 e. The molecule has 0 bridgehead atoms. The maximum atomic E-state index is 2.40. The highest BCUT2D eigenvalue weighted by Crippen LogP contribution is 2.32. The van der Waals surface area contributed by atoms with Crippen molar-refractivity contribution < 1.29 is 0 Å². The summed E-state index contributed by atoms with van der Waals surface area (Å²) in [6.07, 6.45) is 6.95. The average molecular weight is 785 g/mol. The first kappa shape index (κ1) is 40.7. The van der Waals surface area contributed by atoms with Crippen LogP contribution < -0.4 is 19.6 Å². The molecule has 0 radical (unpaired) electrons. The first-order valence-electron chi connectivity index (χ1n) is 18.7. The molecule has 0 saturated heterocycles. The molecule has 0 aromatic heterocycles. The van der Waals surface area contributed by atoms with Gasteiger partial charge >= 0.3 is 0 Å². The Morgan fingerprint density at radius 2 is 0.680 bits per heavy atom. The quantitative estimate of drug-likeness (QED) is 0.0736. The van der Waals surface area contributed by atoms with Crippen molar-refractivity contribution in [3.63, 3.8) is 0 Å². The lowest BCUT2D eigenvalue weighted by atomic mass is 9.90. The zero-order valence-electron chi connectivity index (χ0n) is 31.9. The molecule has 0 spiro atoms. The van der Waals surface area contributed by atoms with Crippen LogP contribution >= 0.6 is 24.0 Å². The number of nitrogens with zero attached hydrogens (tertiary/aromatic N) is 4. The molecule has 0 atom stereocenters. The number of hydrogen-bond donors (Lipinski definition) is 0. The van der Waals surface area contributed by atoms with Crippen molar-refractivity contribution in [3.8, 4) is 0 Å². The van der Waals surface area contributed by atoms with E-state index in [2.05, 4.69) is 190 Å². The van der Waals surface area contributed by atoms with E-state index in [0.29, 0.717) is 0 Å². The van der Waals surface area contributed by atoms with E-state index in [9.17, 15) is 0 Å². The van der Waals surface area contributed by atoms with Gasteiger partial charge in [-0.15, -0.1) is 24.0 Å². The molecular formula is C45H61IN4. The smallest absolute Gasteiger partial charge is 0.0366 e. The normalized spacial score (nSPS) is 11.0. The molecule has 0 amide bonds. The van der Waals surface area contributed by atoms with E-state index in [1.165, 1.54) is 50.6 Å². The van der Waals surface area contributed by atoms with Crippen LogP contribution in [0.2, 0.25) is 0 Å². The molecule has 0 saturated carbocycles. The van der Waals surface area contributed by atoms with Gasteiger partial charge in [0, 0.05) is 81.0 Å². The van der Waals surface area contributed by atoms with Gasteiger partial charge in [-0.25, -0.2) is 0 Å². The molecule has 0 aliphatic heterocycles. The molecule has 268 valence electrons. The molecule has 0 fully saturated rings. The van der Waals surface area contributed by atoms with Crippen molar-refractivity contribution in [1.29, 1.82) is 0 Å². The second-order valence-electron chi connectivity index (χ2n) is 12.4. The molecule has 50 heavy (non-hydrogen) atoms. The Kier molecular flexibility index (Phi) is 17.0. The van der Waals surface area contributed by atoms with Gasteiger partial charge in [-0.3, -0.25) is 0 Å². The highest BCUT2D eigenvalue weighted by Gasteiger charge is 2.14. The molecule has 0 aliphatic carbocycles. The fraction of sp³-hybridized carbons (Fsp3) is 0.378. The van der Waals surface area contributed by atoms with Gasteiger partial charge in [0.05, 0.1) is 0 Å². The van der Waals surface area contributed by atoms with E-state index >= 15 is 0 Å². The summed E-state index contributed by atoms with van der Waals surface area (Å²) in [5, 5.41) is 0. The number of benzene rings is 4. The van der Waals surface area contributed by atoms with Gasteiger partial charge in [0.15, 0.2) is 0 Å². The first-order chi connectivity index (χ1) is 23.9. The second-order valence-corrected chi connectivity index (χ2v) is 12.4. The van der Waals surface area contributed by atoms with Gasteiger partial charge in [-0.1, -0.05) is 66.8 Å². The monoisotopic (exact) mass is 784 g/mol. The minimum absolute atomic E-state index is 0. The predicted octanol–water partition coefficient (Wildman–Crippen LogP) is 11.5. The van der Waals surface area contributed by atoms with Gasteiger partial charge in [-0.05, 0) is 132 Å². The van der Waals surface area contributed by atoms with Crippen molar-refractivity contribution in [3.05, 3.63) is 138 Å². The van der Waals surface area contributed by atoms with E-state index in [-0.39, 0.29) is 29.9 Å². The highest BCUT2D eigenvalue weighted by molar-refractivity contribution is 14.0. The zero-order valence-corrected chi connectivity index (χ0v) is 34.2. The minimum atomic E-state index is 0. The molecule has 0 unspecified atom stereocenters. The third kappa shape index (κ3) is 10.2. The topological polar surface area (TPSA) is 13.0 Å². The number of anilines is 4. The van der Waals surface area contributed by atoms with E-state index in [0.717, 1.165) is 52.4 Å². The summed E-state index contributed by atoms with van der Waals surface area (Å²) in [5.41, 5.74) is 11.3. The van der Waals surface area contributed by atoms with E-state index in [1.54, 1.807) is 0 Å². The average Bonchev–Trinajstić information content (AvgIpc) is 3.15. The van der Waals surface area contributed by atoms with Crippen LogP contribution in [0.15, 0.2) is 115 Å². The van der Waals surface area contributed by atoms with Crippen LogP contribution in [0.1, 0.15) is 83.6 Å². The summed E-state index contributed by atoms with van der Waals surface area (Å²) in [4.78, 5) is 9.60. The molecule has 0 heterocycles. The Labute approximate surface area is 321 Å². The van der Waals surface area contributed by atoms with Gasteiger partial charge in [0.2, 0.25) is 0 Å². The van der Waals surface area contributed by atoms with E-state index < -0.39 is 0 Å². The van der Waals surface area contributed by atoms with Crippen LogP contribution in [0, 0.1) is 0 Å². The molecule has 4 aromatic rings. The largest absolute Gasteiger partial charge is 0.372 e. The Morgan fingerprint density at radius 3 is 0.940 bits per heavy atom. The molecule has 5 heteroatoms. The van der Waals surface area contributed by atoms with E-state index in [1.807, 2.05) is 0 Å². The Morgan fingerprint density at radius 1 is 0.420 bits per heavy atom. The number of allylic oxidation sites excluding steroid dienone is 3. The lowest BCUT2D eigenvalue weighted by molar-refractivity contribution is 0.863. The van der Waals surface area contributed by atoms with Crippen LogP contribution in [-0.4, -0.2) is 52.4 Å². The SMILES string of the molecule is CCN(CC)c1ccc(C(=CC=CC(c2ccc(N(CC)CC)cc2)c2ccc(N(CC)CC)cc2)c2ccc(N(CC)CC)cc2)cc1.I. The maximum Gasteiger partial charge on any atom is 0.0366 e. The number of halogens is 1. The summed E-state index contributed by atoms with van der Waals surface area (Å²) >= 11 is 0. The van der Waals surface area contributed by atoms with Gasteiger partial charge < -0.3 is 19.6 Å². The Bertz CT molecular complexity index is 1460. The lowest BCUT2D eigenvalue weighted by Gasteiger charge is -2.23. The molecule has 4 aromatic carbocycles. The zero-order chi connectivity index (χ0) is 35.2. The van der Waals surface area contributed by atoms with Gasteiger partial charge in [-0.2, -0.15) is 0 Å². The predicted molar refractivity (Wildman–Crippen MR) is 233 cm³/mol. The van der Waals surface area contributed by atoms with Crippen LogP contribution in [0.3, 0.4) is 0 Å². The molecule has 0 N–H and O–H groups in total. The molecule has 4 nitrogen and oxygen atoms in total. The molecule has 4 rings (SSSR count). The third-order valence-electron chi connectivity index (χ3n) is 9.94. The van der Waals surface area contributed by atoms with Crippen LogP contribution in [0.25, 0.3) is 5.57 Å². The fourth-order valence-electron chi connectivity index (χ4n) is 6.88. The van der Waals surface area contributed by atoms with Crippen molar-refractivity contribution in [1.82, 2.24) is 0 Å². The third-order valence-corrected chi connectivity index (χ3v) is 9.94. The lowest BCUT2D eigenvalue weighted by Crippen LogP contribution is -2.21. The molecule has 0 aliphatic rings.